The van der Waals surface area contributed by atoms with E-state index in [0.29, 0.717) is 11.0 Å². The predicted octanol–water partition coefficient (Wildman–Crippen LogP) is 1.47. The van der Waals surface area contributed by atoms with E-state index in [1.165, 1.54) is 0 Å². The molecule has 0 unspecified atom stereocenters. The van der Waals surface area contributed by atoms with Gasteiger partial charge in [-0.25, -0.2) is 9.48 Å². The smallest absolute Gasteiger partial charge is 0.332 e. The van der Waals surface area contributed by atoms with E-state index in [0.717, 1.165) is 4.68 Å². The molecule has 0 spiro atoms. The minimum Gasteiger partial charge on any atom is -0.463 e. The van der Waals surface area contributed by atoms with Crippen LogP contribution in [0.1, 0.15) is 9.67 Å². The van der Waals surface area contributed by atoms with E-state index in [9.17, 15) is 4.79 Å². The van der Waals surface area contributed by atoms with Gasteiger partial charge in [-0.1, -0.05) is 17.3 Å². The molecule has 0 saturated heterocycles. The van der Waals surface area contributed by atoms with Crippen molar-refractivity contribution in [3.63, 3.8) is 0 Å². The molecule has 2 rings (SSSR count). The van der Waals surface area contributed by atoms with Gasteiger partial charge in [0.15, 0.2) is 0 Å². The molecule has 0 saturated carbocycles. The van der Waals surface area contributed by atoms with Crippen molar-refractivity contribution in [1.29, 1.82) is 0 Å². The number of carbonyl (C=O) groups excluding carboxylic acids is 1. The van der Waals surface area contributed by atoms with Crippen molar-refractivity contribution < 1.29 is 12.3 Å². The highest BCUT2D eigenvalue weighted by Gasteiger charge is 2.00. The van der Waals surface area contributed by atoms with Crippen LogP contribution in [0.4, 0.5) is 0 Å². The summed E-state index contributed by atoms with van der Waals surface area (Å²) in [6.07, 6.45) is -0.359. The number of carbonyl (C=O) groups is 1. The van der Waals surface area contributed by atoms with Crippen LogP contribution in [0.15, 0.2) is 30.3 Å². The van der Waals surface area contributed by atoms with E-state index in [1.54, 1.807) is 31.2 Å². The zero-order chi connectivity index (χ0) is 13.1. The molecule has 0 aliphatic rings. The Bertz CT molecular complexity index is 622. The molecule has 0 amide bonds. The van der Waals surface area contributed by atoms with Gasteiger partial charge in [0, 0.05) is 12.2 Å². The van der Waals surface area contributed by atoms with Crippen LogP contribution in [0.3, 0.4) is 0 Å². The first kappa shape index (κ1) is 8.04. The molecule has 0 atom stereocenters. The minimum atomic E-state index is -0.845. The lowest BCUT2D eigenvalue weighted by Crippen LogP contribution is -2.00. The molecule has 0 bridgehead atoms. The number of benzene rings is 1. The number of rotatable bonds is 3. The highest BCUT2D eigenvalue weighted by molar-refractivity contribution is 5.86. The molecule has 16 heavy (non-hydrogen) atoms. The van der Waals surface area contributed by atoms with Gasteiger partial charge in [-0.3, -0.25) is 0 Å². The predicted molar refractivity (Wildman–Crippen MR) is 59.5 cm³/mol. The fraction of sp³-hybridized carbons (Fsp3) is 0.182. The topological polar surface area (TPSA) is 57.0 Å². The standard InChI is InChI=1S/C11H11N3O2/c1-2-16-11(15)7-8-14-10-6-4-3-5-9(10)12-13-14/h3-8H,2H2,1H3/b8-7+/i7D,8D. The van der Waals surface area contributed by atoms with Gasteiger partial charge in [-0.05, 0) is 19.1 Å². The molecule has 0 radical (unpaired) electrons. The van der Waals surface area contributed by atoms with Crippen molar-refractivity contribution in [3.05, 3.63) is 30.3 Å². The van der Waals surface area contributed by atoms with Crippen molar-refractivity contribution in [2.24, 2.45) is 0 Å². The van der Waals surface area contributed by atoms with Crippen LogP contribution in [-0.4, -0.2) is 27.6 Å². The third-order valence-electron chi connectivity index (χ3n) is 1.89. The molecule has 0 aliphatic heterocycles. The van der Waals surface area contributed by atoms with E-state index in [1.807, 2.05) is 0 Å². The summed E-state index contributed by atoms with van der Waals surface area (Å²) in [5, 5.41) is 7.60. The molecule has 0 aliphatic carbocycles. The Morgan fingerprint density at radius 2 is 2.44 bits per heavy atom. The number of nitrogens with zero attached hydrogens (tertiary/aromatic N) is 3. The lowest BCUT2D eigenvalue weighted by atomic mass is 10.3. The second-order valence-electron chi connectivity index (χ2n) is 2.95. The van der Waals surface area contributed by atoms with Gasteiger partial charge in [0.1, 0.15) is 5.52 Å². The average molecular weight is 219 g/mol. The van der Waals surface area contributed by atoms with Crippen LogP contribution in [0, 0.1) is 0 Å². The second kappa shape index (κ2) is 4.57. The molecule has 5 heteroatoms. The van der Waals surface area contributed by atoms with Crippen LogP contribution in [-0.2, 0) is 9.53 Å². The molecule has 5 nitrogen and oxygen atoms in total. The summed E-state index contributed by atoms with van der Waals surface area (Å²) in [5.74, 6) is -0.845. The number of hydrogen-bond acceptors (Lipinski definition) is 4. The van der Waals surface area contributed by atoms with E-state index in [2.05, 4.69) is 15.0 Å². The van der Waals surface area contributed by atoms with Crippen LogP contribution in [0.5, 0.6) is 0 Å². The van der Waals surface area contributed by atoms with Crippen LogP contribution in [0.2, 0.25) is 0 Å². The lowest BCUT2D eigenvalue weighted by molar-refractivity contribution is -0.137. The Morgan fingerprint density at radius 1 is 1.62 bits per heavy atom. The molecule has 2 aromatic rings. The number of para-hydroxylation sites is 1. The van der Waals surface area contributed by atoms with E-state index >= 15 is 0 Å². The van der Waals surface area contributed by atoms with Gasteiger partial charge in [0.2, 0.25) is 0 Å². The van der Waals surface area contributed by atoms with Crippen LogP contribution >= 0.6 is 0 Å². The van der Waals surface area contributed by atoms with Crippen molar-refractivity contribution in [3.8, 4) is 0 Å². The SMILES string of the molecule is [2H]/C(C(=O)OCC)=C(/[2H])n1nnc2ccccc21. The molecular formula is C11H11N3O2. The average Bonchev–Trinajstić information content (AvgIpc) is 2.81. The first-order chi connectivity index (χ1) is 8.65. The summed E-state index contributed by atoms with van der Waals surface area (Å²) in [7, 11) is 0. The third-order valence-corrected chi connectivity index (χ3v) is 1.89. The third kappa shape index (κ3) is 2.08. The van der Waals surface area contributed by atoms with Gasteiger partial charge in [-0.15, -0.1) is 5.10 Å². The lowest BCUT2D eigenvalue weighted by Gasteiger charge is -1.95. The Morgan fingerprint density at radius 3 is 3.25 bits per heavy atom. The van der Waals surface area contributed by atoms with Gasteiger partial charge in [0.25, 0.3) is 0 Å². The first-order valence-electron chi connectivity index (χ1n) is 5.80. The molecular weight excluding hydrogens is 206 g/mol. The molecule has 1 aromatic carbocycles. The van der Waals surface area contributed by atoms with Crippen molar-refractivity contribution in [2.75, 3.05) is 6.61 Å². The number of hydrogen-bond donors (Lipinski definition) is 0. The maximum absolute atomic E-state index is 11.4. The first-order valence-corrected chi connectivity index (χ1v) is 4.80. The fourth-order valence-electron chi connectivity index (χ4n) is 1.22. The Balaban J connectivity index is 2.47. The van der Waals surface area contributed by atoms with E-state index in [4.69, 9.17) is 2.74 Å². The Hall–Kier alpha value is -2.17. The van der Waals surface area contributed by atoms with E-state index < -0.39 is 12.0 Å². The highest BCUT2D eigenvalue weighted by Crippen LogP contribution is 2.09. The van der Waals surface area contributed by atoms with Crippen LogP contribution < -0.4 is 0 Å². The van der Waals surface area contributed by atoms with Crippen molar-refractivity contribution in [1.82, 2.24) is 15.0 Å². The van der Waals surface area contributed by atoms with Gasteiger partial charge in [-0.2, -0.15) is 0 Å². The number of fused-ring (bicyclic) bond motifs is 1. The summed E-state index contributed by atoms with van der Waals surface area (Å²) in [6.45, 7) is 1.80. The second-order valence-corrected chi connectivity index (χ2v) is 2.95. The summed E-state index contributed by atoms with van der Waals surface area (Å²) < 4.78 is 21.1. The summed E-state index contributed by atoms with van der Waals surface area (Å²) in [6, 6.07) is 6.46. The van der Waals surface area contributed by atoms with Crippen molar-refractivity contribution >= 4 is 23.2 Å². The highest BCUT2D eigenvalue weighted by atomic mass is 16.5. The fourth-order valence-corrected chi connectivity index (χ4v) is 1.22. The summed E-state index contributed by atoms with van der Waals surface area (Å²) >= 11 is 0. The van der Waals surface area contributed by atoms with Gasteiger partial charge < -0.3 is 4.74 Å². The minimum absolute atomic E-state index is 0.159. The Kier molecular flexibility index (Phi) is 2.29. The summed E-state index contributed by atoms with van der Waals surface area (Å²) in [4.78, 5) is 11.4. The van der Waals surface area contributed by atoms with Crippen molar-refractivity contribution in [2.45, 2.75) is 6.92 Å². The zero-order valence-corrected chi connectivity index (χ0v) is 8.67. The Labute approximate surface area is 95.1 Å². The van der Waals surface area contributed by atoms with Crippen LogP contribution in [0.25, 0.3) is 17.2 Å². The quantitative estimate of drug-likeness (QED) is 0.579. The maximum atomic E-state index is 11.4. The van der Waals surface area contributed by atoms with Gasteiger partial charge in [0.05, 0.1) is 14.9 Å². The largest absolute Gasteiger partial charge is 0.463 e. The number of aromatic nitrogens is 3. The monoisotopic (exact) mass is 219 g/mol. The molecule has 1 heterocycles. The molecule has 1 aromatic heterocycles. The van der Waals surface area contributed by atoms with Gasteiger partial charge >= 0.3 is 5.97 Å². The maximum Gasteiger partial charge on any atom is 0.332 e. The zero-order valence-electron chi connectivity index (χ0n) is 10.7. The molecule has 82 valence electrons. The molecule has 0 N–H and O–H groups in total. The van der Waals surface area contributed by atoms with E-state index in [-0.39, 0.29) is 12.8 Å². The number of esters is 1. The number of ether oxygens (including phenoxy) is 1. The molecule has 0 fully saturated rings. The normalized spacial score (nSPS) is 14.1. The summed E-state index contributed by atoms with van der Waals surface area (Å²) in [5.41, 5.74) is 1.16.